The second kappa shape index (κ2) is 6.67. The Morgan fingerprint density at radius 3 is 2.77 bits per heavy atom. The summed E-state index contributed by atoms with van der Waals surface area (Å²) in [4.78, 5) is 1.29. The molecule has 0 bridgehead atoms. The van der Waals surface area contributed by atoms with Gasteiger partial charge in [0.05, 0.1) is 6.10 Å². The molecule has 10 atom stereocenters. The van der Waals surface area contributed by atoms with E-state index in [0.717, 1.165) is 29.6 Å². The topological polar surface area (TPSA) is 22.1 Å². The number of ether oxygens (including phenoxy) is 1. The second-order valence-electron chi connectivity index (χ2n) is 12.1. The molecule has 0 amide bonds. The van der Waals surface area contributed by atoms with Gasteiger partial charge in [-0.05, 0) is 121 Å². The Labute approximate surface area is 187 Å². The van der Waals surface area contributed by atoms with Crippen LogP contribution in [-0.2, 0) is 4.74 Å². The van der Waals surface area contributed by atoms with Crippen LogP contribution in [0.4, 0.5) is 0 Å². The summed E-state index contributed by atoms with van der Waals surface area (Å²) < 4.78 is 10.5. The quantitative estimate of drug-likeness (QED) is 0.514. The van der Waals surface area contributed by atoms with Crippen molar-refractivity contribution < 1.29 is 4.74 Å². The average molecular weight is 426 g/mol. The number of methoxy groups -OCH3 is 1. The minimum absolute atomic E-state index is 0.513. The van der Waals surface area contributed by atoms with Crippen LogP contribution in [0.1, 0.15) is 77.0 Å². The van der Waals surface area contributed by atoms with E-state index in [0.29, 0.717) is 28.3 Å². The Morgan fingerprint density at radius 2 is 2.03 bits per heavy atom. The van der Waals surface area contributed by atoms with Crippen LogP contribution in [0.15, 0.2) is 18.3 Å². The van der Waals surface area contributed by atoms with Gasteiger partial charge in [0, 0.05) is 23.6 Å². The van der Waals surface area contributed by atoms with E-state index in [1.807, 2.05) is 13.3 Å². The number of hydrogen-bond donors (Lipinski definition) is 0. The zero-order valence-electron chi connectivity index (χ0n) is 19.3. The van der Waals surface area contributed by atoms with Gasteiger partial charge in [0.15, 0.2) is 0 Å². The Morgan fingerprint density at radius 1 is 1.17 bits per heavy atom. The largest absolute Gasteiger partial charge is 0.381 e. The highest BCUT2D eigenvalue weighted by molar-refractivity contribution is 7.06. The summed E-state index contributed by atoms with van der Waals surface area (Å²) in [6.07, 6.45) is 18.8. The van der Waals surface area contributed by atoms with Crippen molar-refractivity contribution in [1.29, 1.82) is 0 Å². The number of allylic oxidation sites excluding steroid dienone is 1. The monoisotopic (exact) mass is 425 g/mol. The molecule has 6 rings (SSSR count). The summed E-state index contributed by atoms with van der Waals surface area (Å²) >= 11 is 1.61. The molecule has 0 N–H and O–H groups in total. The van der Waals surface area contributed by atoms with E-state index in [1.54, 1.807) is 11.5 Å². The zero-order chi connectivity index (χ0) is 20.7. The minimum Gasteiger partial charge on any atom is -0.381 e. The first kappa shape index (κ1) is 20.0. The van der Waals surface area contributed by atoms with Gasteiger partial charge in [-0.3, -0.25) is 0 Å². The second-order valence-corrected chi connectivity index (χ2v) is 13.0. The molecular formula is C27H39NOS. The van der Waals surface area contributed by atoms with Crippen LogP contribution in [0.3, 0.4) is 0 Å². The van der Waals surface area contributed by atoms with Crippen LogP contribution in [0.25, 0.3) is 6.08 Å². The van der Waals surface area contributed by atoms with Crippen molar-refractivity contribution >= 4 is 17.6 Å². The van der Waals surface area contributed by atoms with Crippen LogP contribution < -0.4 is 0 Å². The highest BCUT2D eigenvalue weighted by Crippen LogP contribution is 2.82. The van der Waals surface area contributed by atoms with E-state index in [2.05, 4.69) is 43.4 Å². The third-order valence-electron chi connectivity index (χ3n) is 11.6. The fourth-order valence-electron chi connectivity index (χ4n) is 10.2. The van der Waals surface area contributed by atoms with Gasteiger partial charge in [0.25, 0.3) is 0 Å². The van der Waals surface area contributed by atoms with Crippen molar-refractivity contribution in [3.05, 3.63) is 23.2 Å². The first-order valence-electron chi connectivity index (χ1n) is 12.6. The molecule has 0 aliphatic heterocycles. The molecule has 5 fully saturated rings. The first-order chi connectivity index (χ1) is 14.4. The van der Waals surface area contributed by atoms with Gasteiger partial charge in [-0.15, -0.1) is 0 Å². The number of fused-ring (bicyclic) bond motifs is 4. The molecule has 0 aromatic carbocycles. The van der Waals surface area contributed by atoms with Gasteiger partial charge in [0.2, 0.25) is 0 Å². The molecule has 1 aromatic heterocycles. The van der Waals surface area contributed by atoms with Crippen molar-refractivity contribution in [1.82, 2.24) is 4.37 Å². The molecule has 3 heteroatoms. The number of rotatable bonds is 4. The van der Waals surface area contributed by atoms with Gasteiger partial charge < -0.3 is 4.74 Å². The maximum Gasteiger partial charge on any atom is 0.0638 e. The lowest BCUT2D eigenvalue weighted by atomic mass is 9.45. The van der Waals surface area contributed by atoms with Gasteiger partial charge in [-0.1, -0.05) is 26.8 Å². The smallest absolute Gasteiger partial charge is 0.0638 e. The van der Waals surface area contributed by atoms with Crippen LogP contribution in [0.5, 0.6) is 0 Å². The van der Waals surface area contributed by atoms with E-state index in [1.165, 1.54) is 56.2 Å². The van der Waals surface area contributed by atoms with Gasteiger partial charge in [-0.2, -0.15) is 0 Å². The summed E-state index contributed by atoms with van der Waals surface area (Å²) in [6.45, 7) is 7.84. The molecule has 1 aromatic rings. The van der Waals surface area contributed by atoms with Crippen molar-refractivity contribution in [3.8, 4) is 0 Å². The van der Waals surface area contributed by atoms with Crippen molar-refractivity contribution in [2.45, 2.75) is 78.2 Å². The molecule has 1 heterocycles. The Kier molecular flexibility index (Phi) is 4.44. The van der Waals surface area contributed by atoms with Gasteiger partial charge in [0.1, 0.15) is 0 Å². The average Bonchev–Trinajstić information content (AvgIpc) is 3.05. The molecule has 0 saturated heterocycles. The first-order valence-corrected chi connectivity index (χ1v) is 13.3. The van der Waals surface area contributed by atoms with E-state index in [9.17, 15) is 0 Å². The van der Waals surface area contributed by atoms with Crippen molar-refractivity contribution in [2.75, 3.05) is 7.11 Å². The van der Waals surface area contributed by atoms with Gasteiger partial charge >= 0.3 is 0 Å². The Bertz CT molecular complexity index is 834. The molecule has 5 saturated carbocycles. The predicted octanol–water partition coefficient (Wildman–Crippen LogP) is 7.08. The Hall–Kier alpha value is -0.670. The van der Waals surface area contributed by atoms with Crippen molar-refractivity contribution in [2.24, 2.45) is 51.8 Å². The highest BCUT2D eigenvalue weighted by Gasteiger charge is 2.77. The third-order valence-corrected chi connectivity index (χ3v) is 12.3. The molecular weight excluding hydrogens is 386 g/mol. The molecule has 30 heavy (non-hydrogen) atoms. The third kappa shape index (κ3) is 2.43. The summed E-state index contributed by atoms with van der Waals surface area (Å²) in [5, 5.41) is 0. The van der Waals surface area contributed by atoms with E-state index in [4.69, 9.17) is 4.74 Å². The minimum atomic E-state index is 0.513. The Balaban J connectivity index is 1.27. The molecule has 0 radical (unpaired) electrons. The summed E-state index contributed by atoms with van der Waals surface area (Å²) in [7, 11) is 2.01. The van der Waals surface area contributed by atoms with Gasteiger partial charge in [-0.25, -0.2) is 4.37 Å². The van der Waals surface area contributed by atoms with Crippen LogP contribution in [-0.4, -0.2) is 17.6 Å². The van der Waals surface area contributed by atoms with E-state index >= 15 is 0 Å². The summed E-state index contributed by atoms with van der Waals surface area (Å²) in [6, 6.07) is 2.13. The lowest BCUT2D eigenvalue weighted by Gasteiger charge is -2.61. The van der Waals surface area contributed by atoms with Crippen molar-refractivity contribution in [3.63, 3.8) is 0 Å². The van der Waals surface area contributed by atoms with Crippen LogP contribution >= 0.6 is 11.5 Å². The van der Waals surface area contributed by atoms with Crippen LogP contribution in [0.2, 0.25) is 0 Å². The summed E-state index contributed by atoms with van der Waals surface area (Å²) in [5.41, 5.74) is 1.62. The normalized spacial score (nSPS) is 52.5. The van der Waals surface area contributed by atoms with Crippen LogP contribution in [0, 0.1) is 51.8 Å². The highest BCUT2D eigenvalue weighted by atomic mass is 32.1. The molecule has 5 aliphatic rings. The van der Waals surface area contributed by atoms with E-state index < -0.39 is 0 Å². The lowest BCUT2D eigenvalue weighted by molar-refractivity contribution is -0.160. The molecule has 2 nitrogen and oxygen atoms in total. The maximum atomic E-state index is 6.28. The number of hydrogen-bond acceptors (Lipinski definition) is 3. The fourth-order valence-corrected chi connectivity index (χ4v) is 10.7. The fraction of sp³-hybridized carbons (Fsp3) is 0.815. The SMILES string of the molecule is CO[C@@H]1C[C@H]2[C@@H]3CC[C@H]([C@H](C)/C=C/c4ccns4)[C@@]3(C)CC[C@@H]2[C@@]2(C)CC[C@@H]3CC312. The molecule has 1 spiro atoms. The maximum absolute atomic E-state index is 6.28. The molecule has 1 unspecified atom stereocenters. The summed E-state index contributed by atoms with van der Waals surface area (Å²) in [5.74, 6) is 5.22. The zero-order valence-corrected chi connectivity index (χ0v) is 20.1. The number of aromatic nitrogens is 1. The lowest BCUT2D eigenvalue weighted by Crippen LogP contribution is -2.57. The number of nitrogens with zero attached hydrogens (tertiary/aromatic N) is 1. The predicted molar refractivity (Wildman–Crippen MR) is 124 cm³/mol. The van der Waals surface area contributed by atoms with E-state index in [-0.39, 0.29) is 0 Å². The molecule has 5 aliphatic carbocycles. The molecule has 164 valence electrons. The standard InChI is InChI=1S/C27H39NOS/c1-17(5-6-19-11-14-28-30-19)21-7-8-22-20-15-24(29-4)27-16-18(27)9-13-26(27,3)23(20)10-12-25(21,22)2/h5-6,11,14,17-18,20-24H,7-10,12-13,15-16H2,1-4H3/b6-5+/t17-,18-,20+,21-,22+,23+,24-,25-,26-,27?/m1/s1.